The summed E-state index contributed by atoms with van der Waals surface area (Å²) in [4.78, 5) is 3.85. The molecule has 7 heteroatoms. The van der Waals surface area contributed by atoms with Gasteiger partial charge >= 0.3 is 0 Å². The summed E-state index contributed by atoms with van der Waals surface area (Å²) in [5, 5.41) is 0. The van der Waals surface area contributed by atoms with Gasteiger partial charge < -0.3 is 10.5 Å². The van der Waals surface area contributed by atoms with Gasteiger partial charge in [-0.3, -0.25) is 4.98 Å². The average Bonchev–Trinajstić information content (AvgIpc) is 2.30. The van der Waals surface area contributed by atoms with Gasteiger partial charge in [-0.2, -0.15) is 4.31 Å². The molecule has 0 amide bonds. The smallest absolute Gasteiger partial charge is 0.246 e. The Morgan fingerprint density at radius 3 is 2.72 bits per heavy atom. The van der Waals surface area contributed by atoms with Crippen LogP contribution >= 0.6 is 0 Å². The molecule has 0 aromatic carbocycles. The third kappa shape index (κ3) is 2.98. The SMILES string of the molecule is CCN(C(C)COC)S(=O)(=O)c1cnccc1N. The highest BCUT2D eigenvalue weighted by atomic mass is 32.2. The minimum Gasteiger partial charge on any atom is -0.398 e. The molecular formula is C11H19N3O3S. The molecule has 1 rings (SSSR count). The minimum absolute atomic E-state index is 0.0369. The lowest BCUT2D eigenvalue weighted by Gasteiger charge is -2.26. The van der Waals surface area contributed by atoms with Crippen molar-refractivity contribution in [3.63, 3.8) is 0 Å². The van der Waals surface area contributed by atoms with Crippen molar-refractivity contribution in [3.8, 4) is 0 Å². The summed E-state index contributed by atoms with van der Waals surface area (Å²) < 4.78 is 31.2. The molecule has 0 saturated carbocycles. The Morgan fingerprint density at radius 1 is 1.56 bits per heavy atom. The van der Waals surface area contributed by atoms with Crippen molar-refractivity contribution < 1.29 is 13.2 Å². The first-order valence-corrected chi connectivity index (χ1v) is 7.09. The number of hydrogen-bond donors (Lipinski definition) is 1. The Balaban J connectivity index is 3.15. The normalized spacial score (nSPS) is 13.8. The van der Waals surface area contributed by atoms with E-state index in [-0.39, 0.29) is 16.6 Å². The molecule has 1 unspecified atom stereocenters. The van der Waals surface area contributed by atoms with E-state index in [1.165, 1.54) is 29.9 Å². The van der Waals surface area contributed by atoms with Crippen LogP contribution in [0.2, 0.25) is 0 Å². The zero-order chi connectivity index (χ0) is 13.8. The molecule has 1 atom stereocenters. The van der Waals surface area contributed by atoms with Gasteiger partial charge in [-0.1, -0.05) is 6.92 Å². The predicted molar refractivity (Wildman–Crippen MR) is 69.6 cm³/mol. The molecule has 1 heterocycles. The standard InChI is InChI=1S/C11H19N3O3S/c1-4-14(9(2)8-17-3)18(15,16)11-7-13-6-5-10(11)12/h5-7,9H,4,8H2,1-3H3,(H2,12,13). The number of nitrogens with two attached hydrogens (primary N) is 1. The second-order valence-electron chi connectivity index (χ2n) is 3.93. The number of anilines is 1. The number of sulfonamides is 1. The highest BCUT2D eigenvalue weighted by molar-refractivity contribution is 7.89. The summed E-state index contributed by atoms with van der Waals surface area (Å²) in [6.07, 6.45) is 2.73. The largest absolute Gasteiger partial charge is 0.398 e. The number of nitrogens with zero attached hydrogens (tertiary/aromatic N) is 2. The summed E-state index contributed by atoms with van der Waals surface area (Å²) in [7, 11) is -2.10. The monoisotopic (exact) mass is 273 g/mol. The number of likely N-dealkylation sites (N-methyl/N-ethyl adjacent to an activating group) is 1. The Labute approximate surface area is 108 Å². The molecule has 0 aliphatic rings. The van der Waals surface area contributed by atoms with Gasteiger partial charge in [-0.15, -0.1) is 0 Å². The zero-order valence-electron chi connectivity index (χ0n) is 10.8. The Bertz CT molecular complexity index is 490. The van der Waals surface area contributed by atoms with Crippen LogP contribution in [-0.2, 0) is 14.8 Å². The molecule has 1 aromatic heterocycles. The summed E-state index contributed by atoms with van der Waals surface area (Å²) in [6.45, 7) is 4.24. The summed E-state index contributed by atoms with van der Waals surface area (Å²) in [6, 6.07) is 1.21. The number of ether oxygens (including phenoxy) is 1. The van der Waals surface area contributed by atoms with Crippen LogP contribution in [0.25, 0.3) is 0 Å². The van der Waals surface area contributed by atoms with Crippen molar-refractivity contribution in [2.75, 3.05) is 26.0 Å². The fourth-order valence-corrected chi connectivity index (χ4v) is 3.46. The molecule has 0 aliphatic carbocycles. The van der Waals surface area contributed by atoms with E-state index >= 15 is 0 Å². The van der Waals surface area contributed by atoms with E-state index in [2.05, 4.69) is 4.98 Å². The lowest BCUT2D eigenvalue weighted by Crippen LogP contribution is -2.41. The molecule has 0 radical (unpaired) electrons. The first-order chi connectivity index (χ1) is 8.45. The molecular weight excluding hydrogens is 254 g/mol. The van der Waals surface area contributed by atoms with Crippen LogP contribution in [0.5, 0.6) is 0 Å². The fourth-order valence-electron chi connectivity index (χ4n) is 1.78. The van der Waals surface area contributed by atoms with Crippen molar-refractivity contribution in [1.82, 2.24) is 9.29 Å². The minimum atomic E-state index is -3.64. The van der Waals surface area contributed by atoms with Crippen molar-refractivity contribution in [3.05, 3.63) is 18.5 Å². The number of nitrogen functional groups attached to an aromatic ring is 1. The number of aromatic nitrogens is 1. The van der Waals surface area contributed by atoms with Gasteiger partial charge in [-0.05, 0) is 13.0 Å². The Morgan fingerprint density at radius 2 is 2.22 bits per heavy atom. The molecule has 0 aliphatic heterocycles. The lowest BCUT2D eigenvalue weighted by atomic mass is 10.4. The van der Waals surface area contributed by atoms with Crippen molar-refractivity contribution >= 4 is 15.7 Å². The second-order valence-corrected chi connectivity index (χ2v) is 5.79. The molecule has 1 aromatic rings. The topological polar surface area (TPSA) is 85.5 Å². The van der Waals surface area contributed by atoms with Crippen LogP contribution < -0.4 is 5.73 Å². The molecule has 0 bridgehead atoms. The summed E-state index contributed by atoms with van der Waals surface area (Å²) in [5.41, 5.74) is 5.90. The van der Waals surface area contributed by atoms with Crippen molar-refractivity contribution in [2.45, 2.75) is 24.8 Å². The van der Waals surface area contributed by atoms with E-state index in [1.807, 2.05) is 0 Å². The lowest BCUT2D eigenvalue weighted by molar-refractivity contribution is 0.142. The predicted octanol–water partition coefficient (Wildman–Crippen LogP) is 0.709. The van der Waals surface area contributed by atoms with Gasteiger partial charge in [0.2, 0.25) is 10.0 Å². The Hall–Kier alpha value is -1.18. The molecule has 102 valence electrons. The third-order valence-corrected chi connectivity index (χ3v) is 4.75. The van der Waals surface area contributed by atoms with Crippen molar-refractivity contribution in [1.29, 1.82) is 0 Å². The number of pyridine rings is 1. The van der Waals surface area contributed by atoms with E-state index < -0.39 is 10.0 Å². The average molecular weight is 273 g/mol. The van der Waals surface area contributed by atoms with E-state index in [9.17, 15) is 8.42 Å². The van der Waals surface area contributed by atoms with Gasteiger partial charge in [0.1, 0.15) is 4.90 Å². The van der Waals surface area contributed by atoms with Crippen LogP contribution in [0.3, 0.4) is 0 Å². The zero-order valence-corrected chi connectivity index (χ0v) is 11.6. The molecule has 0 spiro atoms. The van der Waals surface area contributed by atoms with E-state index in [4.69, 9.17) is 10.5 Å². The molecule has 2 N–H and O–H groups in total. The van der Waals surface area contributed by atoms with Crippen LogP contribution in [-0.4, -0.2) is 44.0 Å². The highest BCUT2D eigenvalue weighted by Gasteiger charge is 2.29. The highest BCUT2D eigenvalue weighted by Crippen LogP contribution is 2.22. The maximum atomic E-state index is 12.5. The third-order valence-electron chi connectivity index (χ3n) is 2.61. The molecule has 18 heavy (non-hydrogen) atoms. The second kappa shape index (κ2) is 6.12. The summed E-state index contributed by atoms with van der Waals surface area (Å²) in [5.74, 6) is 0. The number of methoxy groups -OCH3 is 1. The first-order valence-electron chi connectivity index (χ1n) is 5.65. The maximum absolute atomic E-state index is 12.5. The van der Waals surface area contributed by atoms with Gasteiger partial charge in [-0.25, -0.2) is 8.42 Å². The number of hydrogen-bond acceptors (Lipinski definition) is 5. The van der Waals surface area contributed by atoms with E-state index in [1.54, 1.807) is 13.8 Å². The number of rotatable bonds is 6. The molecule has 6 nitrogen and oxygen atoms in total. The van der Waals surface area contributed by atoms with Crippen LogP contribution in [0, 0.1) is 0 Å². The van der Waals surface area contributed by atoms with Crippen LogP contribution in [0.1, 0.15) is 13.8 Å². The van der Waals surface area contributed by atoms with E-state index in [0.29, 0.717) is 13.2 Å². The summed E-state index contributed by atoms with van der Waals surface area (Å²) >= 11 is 0. The van der Waals surface area contributed by atoms with Crippen molar-refractivity contribution in [2.24, 2.45) is 0 Å². The van der Waals surface area contributed by atoms with Crippen LogP contribution in [0.15, 0.2) is 23.4 Å². The molecule has 0 saturated heterocycles. The maximum Gasteiger partial charge on any atom is 0.246 e. The van der Waals surface area contributed by atoms with Gasteiger partial charge in [0.25, 0.3) is 0 Å². The van der Waals surface area contributed by atoms with E-state index in [0.717, 1.165) is 0 Å². The van der Waals surface area contributed by atoms with Gasteiger partial charge in [0.05, 0.1) is 12.3 Å². The van der Waals surface area contributed by atoms with Crippen LogP contribution in [0.4, 0.5) is 5.69 Å². The Kier molecular flexibility index (Phi) is 5.06. The van der Waals surface area contributed by atoms with Gasteiger partial charge in [0, 0.05) is 32.1 Å². The van der Waals surface area contributed by atoms with Gasteiger partial charge in [0.15, 0.2) is 0 Å². The quantitative estimate of drug-likeness (QED) is 0.825. The first kappa shape index (κ1) is 14.9. The fraction of sp³-hybridized carbons (Fsp3) is 0.545. The molecule has 0 fully saturated rings.